The second kappa shape index (κ2) is 13.4. The van der Waals surface area contributed by atoms with E-state index in [1.54, 1.807) is 19.3 Å². The fourth-order valence-corrected chi connectivity index (χ4v) is 6.36. The number of nitrogens with zero attached hydrogens (tertiary/aromatic N) is 5. The van der Waals surface area contributed by atoms with Crippen molar-refractivity contribution in [3.05, 3.63) is 70.5 Å². The van der Waals surface area contributed by atoms with E-state index in [-0.39, 0.29) is 40.6 Å². The van der Waals surface area contributed by atoms with Crippen LogP contribution in [0.3, 0.4) is 0 Å². The molecule has 1 saturated heterocycles. The average molecular weight is 643 g/mol. The highest BCUT2D eigenvalue weighted by Crippen LogP contribution is 2.48. The maximum Gasteiger partial charge on any atom is 0.329 e. The van der Waals surface area contributed by atoms with Crippen molar-refractivity contribution in [3.63, 3.8) is 0 Å². The molecule has 1 aliphatic carbocycles. The first-order chi connectivity index (χ1) is 21.2. The Hall–Kier alpha value is -3.93. The Bertz CT molecular complexity index is 1480. The summed E-state index contributed by atoms with van der Waals surface area (Å²) < 4.78 is 10.8. The molecule has 0 saturated carbocycles. The largest absolute Gasteiger partial charge is 0.495 e. The number of pyridine rings is 1. The van der Waals surface area contributed by atoms with Crippen molar-refractivity contribution in [1.82, 2.24) is 20.1 Å². The van der Waals surface area contributed by atoms with Gasteiger partial charge in [-0.2, -0.15) is 0 Å². The number of piperazine rings is 1. The van der Waals surface area contributed by atoms with Crippen molar-refractivity contribution in [2.45, 2.75) is 25.6 Å². The summed E-state index contributed by atoms with van der Waals surface area (Å²) in [6.07, 6.45) is 9.17. The molecule has 2 aliphatic heterocycles. The number of anilines is 3. The summed E-state index contributed by atoms with van der Waals surface area (Å²) in [5.74, 6) is 0.956. The Morgan fingerprint density at radius 1 is 1.11 bits per heavy atom. The molecule has 0 bridgehead atoms. The minimum absolute atomic E-state index is 0.181. The summed E-state index contributed by atoms with van der Waals surface area (Å²) in [4.78, 5) is 38.4. The number of carbonyl (C=O) groups excluding carboxylic acids is 2. The molecule has 3 aliphatic rings. The van der Waals surface area contributed by atoms with Gasteiger partial charge < -0.3 is 29.9 Å². The molecule has 3 heterocycles. The minimum Gasteiger partial charge on any atom is -0.495 e. The molecule has 2 N–H and O–H groups in total. The van der Waals surface area contributed by atoms with Gasteiger partial charge in [0.2, 0.25) is 5.91 Å². The number of ether oxygens (including phenoxy) is 2. The molecule has 3 amide bonds. The Labute approximate surface area is 267 Å². The number of hydrogen-bond acceptors (Lipinski definition) is 8. The number of benzene rings is 1. The Balaban J connectivity index is 1.38. The number of fused-ring (bicyclic) bond motifs is 1. The van der Waals surface area contributed by atoms with E-state index in [0.717, 1.165) is 44.0 Å². The molecule has 0 spiro atoms. The van der Waals surface area contributed by atoms with E-state index < -0.39 is 0 Å². The summed E-state index contributed by atoms with van der Waals surface area (Å²) >= 11 is 13.3. The summed E-state index contributed by atoms with van der Waals surface area (Å²) in [6.45, 7) is 10.9. The van der Waals surface area contributed by atoms with Gasteiger partial charge in [-0.3, -0.25) is 14.6 Å². The van der Waals surface area contributed by atoms with Gasteiger partial charge in [-0.05, 0) is 24.8 Å². The van der Waals surface area contributed by atoms with Crippen LogP contribution < -0.4 is 29.9 Å². The lowest BCUT2D eigenvalue weighted by Gasteiger charge is -2.38. The second-order valence-electron chi connectivity index (χ2n) is 10.7. The lowest BCUT2D eigenvalue weighted by atomic mass is 9.99. The highest BCUT2D eigenvalue weighted by atomic mass is 35.5. The predicted molar refractivity (Wildman–Crippen MR) is 174 cm³/mol. The van der Waals surface area contributed by atoms with Crippen molar-refractivity contribution >= 4 is 52.3 Å². The van der Waals surface area contributed by atoms with Crippen molar-refractivity contribution in [2.75, 3.05) is 69.1 Å². The Morgan fingerprint density at radius 2 is 1.80 bits per heavy atom. The topological polar surface area (TPSA) is 103 Å². The molecule has 2 aromatic rings. The third-order valence-electron chi connectivity index (χ3n) is 8.20. The van der Waals surface area contributed by atoms with E-state index in [9.17, 15) is 9.59 Å². The van der Waals surface area contributed by atoms with Gasteiger partial charge in [0.15, 0.2) is 0 Å². The number of halogens is 2. The van der Waals surface area contributed by atoms with Crippen LogP contribution >= 0.6 is 23.2 Å². The van der Waals surface area contributed by atoms with Gasteiger partial charge >= 0.3 is 6.03 Å². The van der Waals surface area contributed by atoms with Gasteiger partial charge in [0, 0.05) is 62.8 Å². The monoisotopic (exact) mass is 641 g/mol. The first-order valence-corrected chi connectivity index (χ1v) is 15.2. The lowest BCUT2D eigenvalue weighted by Crippen LogP contribution is -2.49. The van der Waals surface area contributed by atoms with Gasteiger partial charge in [0.1, 0.15) is 27.4 Å². The summed E-state index contributed by atoms with van der Waals surface area (Å²) in [6, 6.07) is 2.44. The standard InChI is InChI=1S/C31H37Cl2N7O4/c1-6-27(41)36-22-14-20(39-12-10-38(7-2)11-13-39)8-9-21(22)35-26-15-23-19(17-34-26)18-40(31(42)37(23)3)30-28(32)24(43-4)16-25(44-5)29(30)33/h6,8-9,14-17,21-22H,1,7,10-13,18H2,2-5H3,(H,34,35)(H,36,41). The van der Waals surface area contributed by atoms with Crippen LogP contribution in [0.2, 0.25) is 10.0 Å². The van der Waals surface area contributed by atoms with E-state index in [4.69, 9.17) is 32.7 Å². The molecule has 13 heteroatoms. The number of carbonyl (C=O) groups is 2. The second-order valence-corrected chi connectivity index (χ2v) is 11.4. The van der Waals surface area contributed by atoms with Crippen LogP contribution in [0, 0.1) is 0 Å². The van der Waals surface area contributed by atoms with Gasteiger partial charge in [-0.25, -0.2) is 9.78 Å². The number of amides is 3. The molecule has 1 fully saturated rings. The molecule has 5 rings (SSSR count). The van der Waals surface area contributed by atoms with Gasteiger partial charge in [0.05, 0.1) is 44.2 Å². The van der Waals surface area contributed by atoms with E-state index in [0.29, 0.717) is 28.7 Å². The zero-order chi connectivity index (χ0) is 31.5. The van der Waals surface area contributed by atoms with Gasteiger partial charge in [-0.15, -0.1) is 0 Å². The molecule has 44 heavy (non-hydrogen) atoms. The van der Waals surface area contributed by atoms with Crippen LogP contribution in [-0.4, -0.2) is 92.8 Å². The van der Waals surface area contributed by atoms with Crippen LogP contribution in [0.25, 0.3) is 0 Å². The third kappa shape index (κ3) is 6.17. The van der Waals surface area contributed by atoms with Crippen molar-refractivity contribution < 1.29 is 19.1 Å². The number of allylic oxidation sites excluding steroid dienone is 1. The quantitative estimate of drug-likeness (QED) is 0.385. The molecular weight excluding hydrogens is 605 g/mol. The van der Waals surface area contributed by atoms with Crippen LogP contribution in [0.4, 0.5) is 22.0 Å². The van der Waals surface area contributed by atoms with Crippen LogP contribution in [0.5, 0.6) is 11.5 Å². The minimum atomic E-state index is -0.343. The maximum absolute atomic E-state index is 13.7. The molecule has 11 nitrogen and oxygen atoms in total. The number of methoxy groups -OCH3 is 2. The average Bonchev–Trinajstić information content (AvgIpc) is 3.04. The molecule has 2 unspecified atom stereocenters. The molecule has 2 atom stereocenters. The zero-order valence-electron chi connectivity index (χ0n) is 25.3. The van der Waals surface area contributed by atoms with Crippen molar-refractivity contribution in [1.29, 1.82) is 0 Å². The fourth-order valence-electron chi connectivity index (χ4n) is 5.65. The summed E-state index contributed by atoms with van der Waals surface area (Å²) in [5.41, 5.74) is 2.84. The third-order valence-corrected chi connectivity index (χ3v) is 8.93. The number of hydrogen-bond donors (Lipinski definition) is 2. The molecule has 0 radical (unpaired) electrons. The van der Waals surface area contributed by atoms with Crippen molar-refractivity contribution in [3.8, 4) is 11.5 Å². The number of rotatable bonds is 9. The molecule has 1 aromatic carbocycles. The van der Waals surface area contributed by atoms with E-state index >= 15 is 0 Å². The van der Waals surface area contributed by atoms with Crippen LogP contribution in [0.1, 0.15) is 12.5 Å². The lowest BCUT2D eigenvalue weighted by molar-refractivity contribution is -0.116. The number of nitrogens with one attached hydrogen (secondary N) is 2. The van der Waals surface area contributed by atoms with Crippen molar-refractivity contribution in [2.24, 2.45) is 0 Å². The highest BCUT2D eigenvalue weighted by Gasteiger charge is 2.34. The van der Waals surface area contributed by atoms with E-state index in [2.05, 4.69) is 51.1 Å². The molecular formula is C31H37Cl2N7O4. The smallest absolute Gasteiger partial charge is 0.329 e. The molecule has 1 aromatic heterocycles. The Morgan fingerprint density at radius 3 is 2.41 bits per heavy atom. The van der Waals surface area contributed by atoms with Crippen LogP contribution in [0.15, 0.2) is 54.9 Å². The summed E-state index contributed by atoms with van der Waals surface area (Å²) in [5, 5.41) is 6.86. The highest BCUT2D eigenvalue weighted by molar-refractivity contribution is 6.42. The van der Waals surface area contributed by atoms with Gasteiger partial charge in [-0.1, -0.05) is 42.8 Å². The normalized spacial score (nSPS) is 20.2. The zero-order valence-corrected chi connectivity index (χ0v) is 26.8. The predicted octanol–water partition coefficient (Wildman–Crippen LogP) is 4.52. The number of aromatic nitrogens is 1. The van der Waals surface area contributed by atoms with E-state index in [1.807, 2.05) is 12.1 Å². The first kappa shape index (κ1) is 31.5. The number of likely N-dealkylation sites (N-methyl/N-ethyl adjacent to an activating group) is 1. The van der Waals surface area contributed by atoms with Gasteiger partial charge in [0.25, 0.3) is 0 Å². The maximum atomic E-state index is 13.7. The molecule has 234 valence electrons. The SMILES string of the molecule is C=CC(=O)NC1C=C(N2CCN(CC)CC2)C=CC1Nc1cc2c(cn1)CN(c1c(Cl)c(OC)cc(OC)c1Cl)C(=O)N2C. The summed E-state index contributed by atoms with van der Waals surface area (Å²) in [7, 11) is 4.64. The first-order valence-electron chi connectivity index (χ1n) is 14.4. The fraction of sp³-hybridized carbons (Fsp3) is 0.387. The van der Waals surface area contributed by atoms with Crippen LogP contribution in [-0.2, 0) is 11.3 Å². The Kier molecular flexibility index (Phi) is 9.57. The number of urea groups is 1. The van der Waals surface area contributed by atoms with E-state index in [1.165, 1.54) is 30.1 Å².